The standard InChI is InChI=1S/C18H15P.C12H18N.C2H4O2.Pd/c1-4-10-16(11-5-1)19(17-12-6-2-7-13-17)18-14-8-3-9-15-18;1-12(2,3)13(4)10-11-8-6-5-7-9-11;1-2(3)4;/h1-15H;5-8H,10H2,1-4H3;1H3,(H,3,4);/q;-1;;+2/p+1. The van der Waals surface area contributed by atoms with E-state index in [1.54, 1.807) is 0 Å². The molecule has 4 aromatic carbocycles. The van der Waals surface area contributed by atoms with Crippen molar-refractivity contribution in [2.45, 2.75) is 39.8 Å². The first kappa shape index (κ1) is 32.4. The van der Waals surface area contributed by atoms with Crippen LogP contribution >= 0.6 is 7.92 Å². The van der Waals surface area contributed by atoms with Gasteiger partial charge in [-0.15, -0.1) is 5.56 Å². The van der Waals surface area contributed by atoms with Crippen LogP contribution < -0.4 is 15.9 Å². The van der Waals surface area contributed by atoms with Crippen LogP contribution in [0.15, 0.2) is 115 Å². The predicted molar refractivity (Wildman–Crippen MR) is 156 cm³/mol. The van der Waals surface area contributed by atoms with Crippen molar-refractivity contribution in [3.8, 4) is 0 Å². The first-order chi connectivity index (χ1) is 17.2. The number of rotatable bonds is 5. The summed E-state index contributed by atoms with van der Waals surface area (Å²) in [6.45, 7) is 8.70. The van der Waals surface area contributed by atoms with E-state index in [1.165, 1.54) is 21.5 Å². The summed E-state index contributed by atoms with van der Waals surface area (Å²) in [5.74, 6) is -0.833. The molecule has 0 saturated carbocycles. The van der Waals surface area contributed by atoms with E-state index in [1.807, 2.05) is 12.1 Å². The Morgan fingerprint density at radius 1 is 0.757 bits per heavy atom. The van der Waals surface area contributed by atoms with Gasteiger partial charge in [-0.05, 0) is 64.2 Å². The molecule has 5 heteroatoms. The summed E-state index contributed by atoms with van der Waals surface area (Å²) < 4.78 is 0. The molecular weight excluding hydrogens is 568 g/mol. The Kier molecular flexibility index (Phi) is 14.9. The monoisotopic (exact) mass is 605 g/mol. The van der Waals surface area contributed by atoms with Crippen LogP contribution in [0.2, 0.25) is 0 Å². The summed E-state index contributed by atoms with van der Waals surface area (Å²) in [4.78, 5) is 11.3. The number of carbonyl (C=O) groups is 1. The molecule has 0 spiro atoms. The summed E-state index contributed by atoms with van der Waals surface area (Å²) in [5, 5.41) is 11.7. The molecule has 4 rings (SSSR count). The fourth-order valence-electron chi connectivity index (χ4n) is 3.34. The van der Waals surface area contributed by atoms with Crippen LogP contribution in [0, 0.1) is 6.07 Å². The van der Waals surface area contributed by atoms with E-state index in [-0.39, 0.29) is 26.0 Å². The maximum Gasteiger partial charge on any atom is 2.00 e. The Labute approximate surface area is 238 Å². The van der Waals surface area contributed by atoms with Crippen LogP contribution in [-0.2, 0) is 31.8 Å². The first-order valence-corrected chi connectivity index (χ1v) is 13.6. The third kappa shape index (κ3) is 12.5. The molecule has 0 saturated heterocycles. The van der Waals surface area contributed by atoms with Crippen molar-refractivity contribution in [1.82, 2.24) is 4.90 Å². The van der Waals surface area contributed by atoms with Crippen molar-refractivity contribution in [3.05, 3.63) is 127 Å². The summed E-state index contributed by atoms with van der Waals surface area (Å²) >= 11 is 0. The summed E-state index contributed by atoms with van der Waals surface area (Å²) in [6, 6.07) is 43.9. The van der Waals surface area contributed by atoms with Crippen molar-refractivity contribution in [3.63, 3.8) is 0 Å². The molecule has 0 aliphatic heterocycles. The van der Waals surface area contributed by atoms with E-state index in [4.69, 9.17) is 9.90 Å². The van der Waals surface area contributed by atoms with Gasteiger partial charge in [0.25, 0.3) is 5.97 Å². The Bertz CT molecular complexity index is 1040. The number of aliphatic carboxylic acids is 1. The normalized spacial score (nSPS) is 10.4. The number of hydrogen-bond donors (Lipinski definition) is 1. The largest absolute Gasteiger partial charge is 2.00 e. The maximum absolute atomic E-state index is 9.00. The molecular formula is C32H38NO2PPd+2. The molecule has 0 heterocycles. The fourth-order valence-corrected chi connectivity index (χ4v) is 5.91. The molecule has 37 heavy (non-hydrogen) atoms. The van der Waals surface area contributed by atoms with E-state index in [0.717, 1.165) is 13.5 Å². The molecule has 0 amide bonds. The van der Waals surface area contributed by atoms with Crippen molar-refractivity contribution in [2.75, 3.05) is 7.05 Å². The molecule has 0 aliphatic carbocycles. The molecule has 0 radical (unpaired) electrons. The Balaban J connectivity index is 0.000000333. The minimum Gasteiger partial charge on any atom is -0.481 e. The zero-order valence-corrected chi connectivity index (χ0v) is 24.9. The van der Waals surface area contributed by atoms with E-state index in [9.17, 15) is 0 Å². The smallest absolute Gasteiger partial charge is 0.481 e. The molecule has 0 aromatic heterocycles. The third-order valence-electron chi connectivity index (χ3n) is 5.51. The molecule has 0 fully saturated rings. The average Bonchev–Trinajstić information content (AvgIpc) is 2.86. The van der Waals surface area contributed by atoms with Crippen LogP contribution in [0.25, 0.3) is 0 Å². The van der Waals surface area contributed by atoms with Gasteiger partial charge in [0.2, 0.25) is 0 Å². The Hall–Kier alpha value is -2.60. The summed E-state index contributed by atoms with van der Waals surface area (Å²) in [7, 11) is 1.26. The van der Waals surface area contributed by atoms with E-state index in [2.05, 4.69) is 142 Å². The van der Waals surface area contributed by atoms with E-state index >= 15 is 0 Å². The minimum atomic E-state index is -0.877. The SMILES string of the molecule is CC(=O)O.CN(Cc1[c-]cccc1)C(C)(C)C.[Pd+2].c1ccc([PH+](c2ccccc2)c2ccccc2)cc1. The second-order valence-corrected chi connectivity index (χ2v) is 11.9. The molecule has 3 nitrogen and oxygen atoms in total. The average molecular weight is 606 g/mol. The minimum absolute atomic E-state index is 0. The van der Waals surface area contributed by atoms with E-state index < -0.39 is 13.9 Å². The maximum atomic E-state index is 9.00. The third-order valence-corrected chi connectivity index (χ3v) is 8.25. The Morgan fingerprint density at radius 3 is 1.41 bits per heavy atom. The van der Waals surface area contributed by atoms with Gasteiger partial charge in [0.05, 0.1) is 7.92 Å². The van der Waals surface area contributed by atoms with Crippen LogP contribution in [0.4, 0.5) is 0 Å². The van der Waals surface area contributed by atoms with Crippen LogP contribution in [0.3, 0.4) is 0 Å². The number of hydrogen-bond acceptors (Lipinski definition) is 2. The first-order valence-electron chi connectivity index (χ1n) is 12.1. The van der Waals surface area contributed by atoms with Crippen molar-refractivity contribution in [2.24, 2.45) is 0 Å². The van der Waals surface area contributed by atoms with Gasteiger partial charge in [0.15, 0.2) is 0 Å². The molecule has 0 bridgehead atoms. The van der Waals surface area contributed by atoms with Gasteiger partial charge in [0.1, 0.15) is 15.9 Å². The van der Waals surface area contributed by atoms with Gasteiger partial charge in [-0.25, -0.2) is 0 Å². The molecule has 4 aromatic rings. The van der Waals surface area contributed by atoms with Gasteiger partial charge in [0, 0.05) is 19.0 Å². The molecule has 0 unspecified atom stereocenters. The van der Waals surface area contributed by atoms with Crippen molar-refractivity contribution < 1.29 is 30.3 Å². The van der Waals surface area contributed by atoms with Gasteiger partial charge in [-0.2, -0.15) is 30.3 Å². The molecule has 196 valence electrons. The predicted octanol–water partition coefficient (Wildman–Crippen LogP) is 5.98. The second kappa shape index (κ2) is 17.0. The van der Waals surface area contributed by atoms with Crippen molar-refractivity contribution in [1.29, 1.82) is 0 Å². The number of nitrogens with zero attached hydrogens (tertiary/aromatic N) is 1. The summed E-state index contributed by atoms with van der Waals surface area (Å²) in [6.07, 6.45) is 0. The van der Waals surface area contributed by atoms with Crippen LogP contribution in [0.1, 0.15) is 33.3 Å². The van der Waals surface area contributed by atoms with Gasteiger partial charge < -0.3 is 5.11 Å². The van der Waals surface area contributed by atoms with Gasteiger partial charge >= 0.3 is 20.4 Å². The second-order valence-electron chi connectivity index (χ2n) is 9.41. The number of carboxylic acid groups (broad SMARTS) is 1. The Morgan fingerprint density at radius 2 is 1.11 bits per heavy atom. The number of benzene rings is 4. The summed E-state index contributed by atoms with van der Waals surface area (Å²) in [5.41, 5.74) is 1.48. The van der Waals surface area contributed by atoms with Crippen LogP contribution in [0.5, 0.6) is 0 Å². The zero-order valence-electron chi connectivity index (χ0n) is 22.3. The van der Waals surface area contributed by atoms with Gasteiger partial charge in [-0.3, -0.25) is 9.69 Å². The quantitative estimate of drug-likeness (QED) is 0.173. The van der Waals surface area contributed by atoms with Crippen LogP contribution in [-0.4, -0.2) is 28.6 Å². The molecule has 1 N–H and O–H groups in total. The topological polar surface area (TPSA) is 40.5 Å². The fraction of sp³-hybridized carbons (Fsp3) is 0.219. The number of carboxylic acids is 1. The van der Waals surface area contributed by atoms with Crippen molar-refractivity contribution >= 4 is 29.8 Å². The van der Waals surface area contributed by atoms with E-state index in [0.29, 0.717) is 0 Å². The van der Waals surface area contributed by atoms with Gasteiger partial charge in [-0.1, -0.05) is 54.6 Å². The molecule has 0 aliphatic rings. The molecule has 0 atom stereocenters. The zero-order chi connectivity index (χ0) is 26.4.